The van der Waals surface area contributed by atoms with Crippen LogP contribution >= 0.6 is 0 Å². The number of carbonyl (C=O) groups is 1. The molecule has 0 aromatic heterocycles. The van der Waals surface area contributed by atoms with Gasteiger partial charge in [-0.1, -0.05) is 25.7 Å². The summed E-state index contributed by atoms with van der Waals surface area (Å²) in [6.45, 7) is 4.64. The Hall–Kier alpha value is -0.570. The summed E-state index contributed by atoms with van der Waals surface area (Å²) < 4.78 is 0. The molecule has 1 aliphatic heterocycles. The minimum atomic E-state index is -0.195. The van der Waals surface area contributed by atoms with Crippen molar-refractivity contribution in [2.45, 2.75) is 95.3 Å². The number of rotatable bonds is 3. The number of hydrogen-bond acceptors (Lipinski definition) is 2. The minimum Gasteiger partial charge on any atom is -0.320 e. The number of nitrogens with zero attached hydrogens (tertiary/aromatic N) is 1. The summed E-state index contributed by atoms with van der Waals surface area (Å²) >= 11 is 0. The maximum absolute atomic E-state index is 13.3. The standard InChI is InChI=1S/C18H30N2O/c1-17(2,14-9-10-14)20-15(13-7-3-4-8-13)19-18(16(20)21)11-5-6-12-18/h13-15,19H,3-12H2,1-2H3. The van der Waals surface area contributed by atoms with Gasteiger partial charge in [0.25, 0.3) is 0 Å². The van der Waals surface area contributed by atoms with Gasteiger partial charge >= 0.3 is 0 Å². The molecule has 1 amide bonds. The molecule has 0 aromatic carbocycles. The SMILES string of the molecule is CC(C)(C1CC1)N1C(=O)C2(CCCC2)NC1C1CCCC1. The molecule has 3 aliphatic carbocycles. The van der Waals surface area contributed by atoms with E-state index in [-0.39, 0.29) is 11.1 Å². The van der Waals surface area contributed by atoms with E-state index < -0.39 is 0 Å². The van der Waals surface area contributed by atoms with E-state index >= 15 is 0 Å². The lowest BCUT2D eigenvalue weighted by Gasteiger charge is -2.42. The Morgan fingerprint density at radius 2 is 1.67 bits per heavy atom. The summed E-state index contributed by atoms with van der Waals surface area (Å²) in [7, 11) is 0. The normalized spacial score (nSPS) is 33.5. The lowest BCUT2D eigenvalue weighted by molar-refractivity contribution is -0.140. The molecule has 118 valence electrons. The molecule has 3 nitrogen and oxygen atoms in total. The molecule has 4 fully saturated rings. The smallest absolute Gasteiger partial charge is 0.244 e. The van der Waals surface area contributed by atoms with Crippen molar-refractivity contribution in [3.63, 3.8) is 0 Å². The average molecular weight is 290 g/mol. The van der Waals surface area contributed by atoms with Gasteiger partial charge < -0.3 is 4.90 Å². The Balaban J connectivity index is 1.67. The van der Waals surface area contributed by atoms with Crippen molar-refractivity contribution in [1.29, 1.82) is 0 Å². The third-order valence-electron chi connectivity index (χ3n) is 6.83. The lowest BCUT2D eigenvalue weighted by Crippen LogP contribution is -2.54. The maximum atomic E-state index is 13.3. The van der Waals surface area contributed by atoms with Crippen molar-refractivity contribution < 1.29 is 4.79 Å². The van der Waals surface area contributed by atoms with E-state index in [1.54, 1.807) is 0 Å². The number of hydrogen-bond donors (Lipinski definition) is 1. The van der Waals surface area contributed by atoms with Crippen LogP contribution in [0.1, 0.15) is 78.1 Å². The molecule has 1 saturated heterocycles. The minimum absolute atomic E-state index is 0.0451. The lowest BCUT2D eigenvalue weighted by atomic mass is 9.91. The van der Waals surface area contributed by atoms with Crippen LogP contribution in [0.4, 0.5) is 0 Å². The summed E-state index contributed by atoms with van der Waals surface area (Å²) in [5, 5.41) is 3.87. The van der Waals surface area contributed by atoms with Crippen molar-refractivity contribution in [2.75, 3.05) is 0 Å². The fourth-order valence-electron chi connectivity index (χ4n) is 5.31. The summed E-state index contributed by atoms with van der Waals surface area (Å²) in [5.41, 5.74) is -0.150. The largest absolute Gasteiger partial charge is 0.320 e. The number of amides is 1. The van der Waals surface area contributed by atoms with Gasteiger partial charge in [0.15, 0.2) is 0 Å². The second-order valence-corrected chi connectivity index (χ2v) is 8.53. The number of nitrogens with one attached hydrogen (secondary N) is 1. The topological polar surface area (TPSA) is 32.3 Å². The van der Waals surface area contributed by atoms with Gasteiger partial charge in [-0.3, -0.25) is 10.1 Å². The Bertz CT molecular complexity index is 428. The molecule has 3 heteroatoms. The van der Waals surface area contributed by atoms with Gasteiger partial charge in [-0.2, -0.15) is 0 Å². The highest BCUT2D eigenvalue weighted by atomic mass is 16.2. The molecule has 21 heavy (non-hydrogen) atoms. The van der Waals surface area contributed by atoms with E-state index in [0.717, 1.165) is 18.8 Å². The molecule has 0 radical (unpaired) electrons. The highest BCUT2D eigenvalue weighted by Gasteiger charge is 2.59. The predicted molar refractivity (Wildman–Crippen MR) is 83.7 cm³/mol. The third-order valence-corrected chi connectivity index (χ3v) is 6.83. The zero-order valence-corrected chi connectivity index (χ0v) is 13.7. The fourth-order valence-corrected chi connectivity index (χ4v) is 5.31. The monoisotopic (exact) mass is 290 g/mol. The van der Waals surface area contributed by atoms with Crippen molar-refractivity contribution in [3.8, 4) is 0 Å². The average Bonchev–Trinajstić information content (AvgIpc) is 2.89. The van der Waals surface area contributed by atoms with E-state index in [2.05, 4.69) is 24.1 Å². The van der Waals surface area contributed by atoms with Crippen LogP contribution < -0.4 is 5.32 Å². The van der Waals surface area contributed by atoms with E-state index in [4.69, 9.17) is 0 Å². The van der Waals surface area contributed by atoms with Gasteiger partial charge in [-0.15, -0.1) is 0 Å². The first-order valence-electron chi connectivity index (χ1n) is 9.16. The Labute approximate surface area is 128 Å². The Kier molecular flexibility index (Phi) is 3.15. The zero-order valence-electron chi connectivity index (χ0n) is 13.7. The van der Waals surface area contributed by atoms with Gasteiger partial charge in [0.2, 0.25) is 5.91 Å². The molecular formula is C18H30N2O. The Morgan fingerprint density at radius 1 is 1.05 bits per heavy atom. The Morgan fingerprint density at radius 3 is 2.24 bits per heavy atom. The first-order valence-corrected chi connectivity index (χ1v) is 9.16. The van der Waals surface area contributed by atoms with E-state index in [1.165, 1.54) is 51.4 Å². The van der Waals surface area contributed by atoms with E-state index in [9.17, 15) is 4.79 Å². The van der Waals surface area contributed by atoms with Crippen LogP contribution in [0.25, 0.3) is 0 Å². The van der Waals surface area contributed by atoms with E-state index in [1.807, 2.05) is 0 Å². The molecular weight excluding hydrogens is 260 g/mol. The molecule has 1 N–H and O–H groups in total. The molecule has 1 atom stereocenters. The van der Waals surface area contributed by atoms with Crippen LogP contribution in [0.5, 0.6) is 0 Å². The van der Waals surface area contributed by atoms with Crippen LogP contribution in [0.15, 0.2) is 0 Å². The van der Waals surface area contributed by atoms with Crippen LogP contribution in [0.3, 0.4) is 0 Å². The van der Waals surface area contributed by atoms with Crippen molar-refractivity contribution >= 4 is 5.91 Å². The third kappa shape index (κ3) is 2.07. The van der Waals surface area contributed by atoms with Gasteiger partial charge in [0.1, 0.15) is 0 Å². The summed E-state index contributed by atoms with van der Waals surface area (Å²) in [6, 6.07) is 0. The summed E-state index contributed by atoms with van der Waals surface area (Å²) in [4.78, 5) is 15.7. The molecule has 4 aliphatic rings. The fraction of sp³-hybridized carbons (Fsp3) is 0.944. The van der Waals surface area contributed by atoms with Gasteiger partial charge in [0.05, 0.1) is 11.7 Å². The number of carbonyl (C=O) groups excluding carboxylic acids is 1. The molecule has 0 aromatic rings. The van der Waals surface area contributed by atoms with Gasteiger partial charge in [-0.05, 0) is 64.2 Å². The van der Waals surface area contributed by atoms with Crippen LogP contribution in [-0.2, 0) is 4.79 Å². The van der Waals surface area contributed by atoms with Crippen LogP contribution in [0, 0.1) is 11.8 Å². The van der Waals surface area contributed by atoms with E-state index in [0.29, 0.717) is 18.0 Å². The summed E-state index contributed by atoms with van der Waals surface area (Å²) in [5.74, 6) is 1.85. The molecule has 0 bridgehead atoms. The van der Waals surface area contributed by atoms with Crippen molar-refractivity contribution in [1.82, 2.24) is 10.2 Å². The summed E-state index contributed by atoms with van der Waals surface area (Å²) in [6.07, 6.45) is 12.8. The van der Waals surface area contributed by atoms with Crippen molar-refractivity contribution in [2.24, 2.45) is 11.8 Å². The first-order chi connectivity index (χ1) is 10.0. The maximum Gasteiger partial charge on any atom is 0.244 e. The highest BCUT2D eigenvalue weighted by molar-refractivity contribution is 5.90. The zero-order chi connectivity index (χ0) is 14.7. The van der Waals surface area contributed by atoms with Gasteiger partial charge in [-0.25, -0.2) is 0 Å². The van der Waals surface area contributed by atoms with Crippen LogP contribution in [-0.4, -0.2) is 28.1 Å². The molecule has 1 unspecified atom stereocenters. The van der Waals surface area contributed by atoms with Crippen molar-refractivity contribution in [3.05, 3.63) is 0 Å². The highest BCUT2D eigenvalue weighted by Crippen LogP contribution is 2.49. The molecule has 3 saturated carbocycles. The quantitative estimate of drug-likeness (QED) is 0.863. The second kappa shape index (κ2) is 4.71. The van der Waals surface area contributed by atoms with Gasteiger partial charge in [0, 0.05) is 5.54 Å². The molecule has 1 spiro atoms. The molecule has 4 rings (SSSR count). The molecule has 1 heterocycles. The second-order valence-electron chi connectivity index (χ2n) is 8.53. The predicted octanol–water partition coefficient (Wildman–Crippen LogP) is 3.44. The van der Waals surface area contributed by atoms with Crippen LogP contribution in [0.2, 0.25) is 0 Å². The first kappa shape index (κ1) is 14.0.